The summed E-state index contributed by atoms with van der Waals surface area (Å²) in [6.07, 6.45) is 0.758. The first-order chi connectivity index (χ1) is 8.61. The molecular weight excluding hydrogens is 316 g/mol. The third kappa shape index (κ3) is 3.08. The van der Waals surface area contributed by atoms with Crippen LogP contribution < -0.4 is 5.32 Å². The molecular formula is C14H18BrF2NO. The monoisotopic (exact) mass is 333 g/mol. The maximum Gasteiger partial charge on any atom is 0.149 e. The summed E-state index contributed by atoms with van der Waals surface area (Å²) in [7, 11) is 0. The highest BCUT2D eigenvalue weighted by atomic mass is 79.9. The number of hydrogen-bond donors (Lipinski definition) is 1. The molecule has 0 radical (unpaired) electrons. The number of rotatable bonds is 2. The third-order valence-electron chi connectivity index (χ3n) is 3.41. The van der Waals surface area contributed by atoms with E-state index in [0.29, 0.717) is 0 Å². The van der Waals surface area contributed by atoms with Crippen LogP contribution in [-0.4, -0.2) is 17.2 Å². The third-order valence-corrected chi connectivity index (χ3v) is 4.02. The summed E-state index contributed by atoms with van der Waals surface area (Å²) in [5.74, 6) is -1.20. The molecule has 1 atom stereocenters. The molecule has 2 nitrogen and oxygen atoms in total. The fourth-order valence-electron chi connectivity index (χ4n) is 2.61. The fraction of sp³-hybridized carbons (Fsp3) is 0.571. The van der Waals surface area contributed by atoms with Crippen LogP contribution in [0.15, 0.2) is 16.6 Å². The molecule has 0 saturated carbocycles. The molecule has 2 rings (SSSR count). The second kappa shape index (κ2) is 4.70. The molecule has 1 aliphatic heterocycles. The van der Waals surface area contributed by atoms with Crippen molar-refractivity contribution >= 4 is 21.6 Å². The van der Waals surface area contributed by atoms with Gasteiger partial charge in [-0.3, -0.25) is 0 Å². The molecule has 1 N–H and O–H groups in total. The van der Waals surface area contributed by atoms with E-state index in [9.17, 15) is 8.78 Å². The van der Waals surface area contributed by atoms with Crippen LogP contribution >= 0.6 is 15.9 Å². The van der Waals surface area contributed by atoms with Crippen molar-refractivity contribution in [3.63, 3.8) is 0 Å². The Balaban J connectivity index is 2.25. The number of ether oxygens (including phenoxy) is 1. The molecule has 1 aromatic rings. The zero-order valence-corrected chi connectivity index (χ0v) is 13.1. The topological polar surface area (TPSA) is 21.3 Å². The van der Waals surface area contributed by atoms with Crippen LogP contribution in [0.3, 0.4) is 0 Å². The molecule has 5 heteroatoms. The lowest BCUT2D eigenvalue weighted by Crippen LogP contribution is -2.38. The standard InChI is InChI=1S/C14H18BrF2NO/c1-13(2)7-12(14(3,4)19-13)18-11-5-8(15)9(16)6-10(11)17/h5-6,12,18H,7H2,1-4H3. The zero-order chi connectivity index (χ0) is 14.4. The van der Waals surface area contributed by atoms with Gasteiger partial charge >= 0.3 is 0 Å². The molecule has 19 heavy (non-hydrogen) atoms. The summed E-state index contributed by atoms with van der Waals surface area (Å²) in [5.41, 5.74) is -0.376. The Hall–Kier alpha value is -0.680. The minimum atomic E-state index is -0.606. The largest absolute Gasteiger partial charge is 0.377 e. The predicted molar refractivity (Wildman–Crippen MR) is 75.3 cm³/mol. The van der Waals surface area contributed by atoms with Crippen molar-refractivity contribution in [1.82, 2.24) is 0 Å². The Kier molecular flexibility index (Phi) is 3.64. The highest BCUT2D eigenvalue weighted by Gasteiger charge is 2.46. The molecule has 0 aliphatic carbocycles. The highest BCUT2D eigenvalue weighted by Crippen LogP contribution is 2.39. The van der Waals surface area contributed by atoms with Gasteiger partial charge in [-0.2, -0.15) is 0 Å². The van der Waals surface area contributed by atoms with Gasteiger partial charge in [0.05, 0.1) is 27.4 Å². The van der Waals surface area contributed by atoms with Crippen molar-refractivity contribution in [1.29, 1.82) is 0 Å². The van der Waals surface area contributed by atoms with Crippen LogP contribution in [0, 0.1) is 11.6 Å². The van der Waals surface area contributed by atoms with Gasteiger partial charge in [0.25, 0.3) is 0 Å². The van der Waals surface area contributed by atoms with E-state index in [0.717, 1.165) is 12.5 Å². The second-order valence-electron chi connectivity index (χ2n) is 6.11. The molecule has 1 aliphatic rings. The first kappa shape index (κ1) is 14.7. The number of anilines is 1. The minimum absolute atomic E-state index is 0.0330. The molecule has 0 spiro atoms. The van der Waals surface area contributed by atoms with Crippen LogP contribution in [0.1, 0.15) is 34.1 Å². The van der Waals surface area contributed by atoms with Gasteiger partial charge in [0.2, 0.25) is 0 Å². The van der Waals surface area contributed by atoms with E-state index in [2.05, 4.69) is 21.2 Å². The van der Waals surface area contributed by atoms with E-state index >= 15 is 0 Å². The molecule has 1 heterocycles. The second-order valence-corrected chi connectivity index (χ2v) is 6.97. The average Bonchev–Trinajstić information content (AvgIpc) is 2.43. The highest BCUT2D eigenvalue weighted by molar-refractivity contribution is 9.10. The lowest BCUT2D eigenvalue weighted by atomic mass is 9.94. The Bertz CT molecular complexity index is 502. The molecule has 106 valence electrons. The fourth-order valence-corrected chi connectivity index (χ4v) is 2.95. The molecule has 1 fully saturated rings. The average molecular weight is 334 g/mol. The van der Waals surface area contributed by atoms with Gasteiger partial charge < -0.3 is 10.1 Å². The lowest BCUT2D eigenvalue weighted by Gasteiger charge is -2.28. The van der Waals surface area contributed by atoms with E-state index in [4.69, 9.17) is 4.74 Å². The zero-order valence-electron chi connectivity index (χ0n) is 11.5. The summed E-state index contributed by atoms with van der Waals surface area (Å²) in [4.78, 5) is 0. The summed E-state index contributed by atoms with van der Waals surface area (Å²) in [6, 6.07) is 2.27. The molecule has 1 unspecified atom stereocenters. The maximum absolute atomic E-state index is 13.8. The van der Waals surface area contributed by atoms with Crippen molar-refractivity contribution in [2.45, 2.75) is 51.4 Å². The van der Waals surface area contributed by atoms with Gasteiger partial charge in [-0.25, -0.2) is 8.78 Å². The van der Waals surface area contributed by atoms with Gasteiger partial charge in [0.15, 0.2) is 0 Å². The first-order valence-corrected chi connectivity index (χ1v) is 7.01. The predicted octanol–water partition coefficient (Wildman–Crippen LogP) is 4.49. The van der Waals surface area contributed by atoms with Gasteiger partial charge in [-0.15, -0.1) is 0 Å². The van der Waals surface area contributed by atoms with Crippen LogP contribution in [0.5, 0.6) is 0 Å². The smallest absolute Gasteiger partial charge is 0.149 e. The van der Waals surface area contributed by atoms with Gasteiger partial charge in [0, 0.05) is 6.07 Å². The quantitative estimate of drug-likeness (QED) is 0.805. The maximum atomic E-state index is 13.8. The van der Waals surface area contributed by atoms with Crippen LogP contribution in [0.2, 0.25) is 0 Å². The van der Waals surface area contributed by atoms with Crippen molar-refractivity contribution in [2.75, 3.05) is 5.32 Å². The summed E-state index contributed by atoms with van der Waals surface area (Å²) >= 11 is 3.07. The normalized spacial score (nSPS) is 24.5. The Morgan fingerprint density at radius 3 is 2.37 bits per heavy atom. The van der Waals surface area contributed by atoms with E-state index in [1.165, 1.54) is 6.07 Å². The van der Waals surface area contributed by atoms with Gasteiger partial charge in [-0.1, -0.05) is 0 Å². The van der Waals surface area contributed by atoms with Gasteiger partial charge in [-0.05, 0) is 56.1 Å². The first-order valence-electron chi connectivity index (χ1n) is 6.22. The summed E-state index contributed by atoms with van der Waals surface area (Å²) in [6.45, 7) is 7.95. The van der Waals surface area contributed by atoms with E-state index < -0.39 is 17.2 Å². The van der Waals surface area contributed by atoms with Crippen LogP contribution in [-0.2, 0) is 4.74 Å². The summed E-state index contributed by atoms with van der Waals surface area (Å²) < 4.78 is 33.2. The molecule has 1 aromatic carbocycles. The number of nitrogens with one attached hydrogen (secondary N) is 1. The number of benzene rings is 1. The SMILES string of the molecule is CC1(C)CC(Nc2cc(Br)c(F)cc2F)C(C)(C)O1. The van der Waals surface area contributed by atoms with Crippen molar-refractivity contribution < 1.29 is 13.5 Å². The van der Waals surface area contributed by atoms with Crippen molar-refractivity contribution in [3.05, 3.63) is 28.2 Å². The Morgan fingerprint density at radius 1 is 1.21 bits per heavy atom. The van der Waals surface area contributed by atoms with E-state index in [-0.39, 0.29) is 21.8 Å². The van der Waals surface area contributed by atoms with Crippen LogP contribution in [0.4, 0.5) is 14.5 Å². The number of halogens is 3. The van der Waals surface area contributed by atoms with E-state index in [1.54, 1.807) is 0 Å². The Labute approximate surface area is 120 Å². The molecule has 0 amide bonds. The van der Waals surface area contributed by atoms with E-state index in [1.807, 2.05) is 27.7 Å². The number of hydrogen-bond acceptors (Lipinski definition) is 2. The van der Waals surface area contributed by atoms with Gasteiger partial charge in [0.1, 0.15) is 11.6 Å². The lowest BCUT2D eigenvalue weighted by molar-refractivity contribution is -0.0662. The molecule has 0 bridgehead atoms. The Morgan fingerprint density at radius 2 is 1.84 bits per heavy atom. The molecule has 0 aromatic heterocycles. The van der Waals surface area contributed by atoms with Crippen LogP contribution in [0.25, 0.3) is 0 Å². The van der Waals surface area contributed by atoms with Crippen molar-refractivity contribution in [2.24, 2.45) is 0 Å². The van der Waals surface area contributed by atoms with Crippen molar-refractivity contribution in [3.8, 4) is 0 Å². The molecule has 1 saturated heterocycles. The summed E-state index contributed by atoms with van der Waals surface area (Å²) in [5, 5.41) is 3.13. The minimum Gasteiger partial charge on any atom is -0.377 e.